The molecule has 4 rings (SSSR count). The number of aliphatic hydroxyl groups is 1. The van der Waals surface area contributed by atoms with Crippen molar-refractivity contribution in [3.05, 3.63) is 52.0 Å². The van der Waals surface area contributed by atoms with Crippen molar-refractivity contribution in [1.82, 2.24) is 0 Å². The lowest BCUT2D eigenvalue weighted by Gasteiger charge is -2.33. The Hall–Kier alpha value is -2.38. The maximum atomic E-state index is 13.0. The minimum atomic E-state index is -1.98. The Morgan fingerprint density at radius 2 is 2.08 bits per heavy atom. The van der Waals surface area contributed by atoms with Gasteiger partial charge in [0, 0.05) is 21.8 Å². The van der Waals surface area contributed by atoms with Crippen molar-refractivity contribution in [3.63, 3.8) is 0 Å². The van der Waals surface area contributed by atoms with E-state index in [1.54, 1.807) is 36.4 Å². The van der Waals surface area contributed by atoms with Crippen LogP contribution >= 0.6 is 15.9 Å². The number of hydrogen-bond acceptors (Lipinski definition) is 5. The van der Waals surface area contributed by atoms with Crippen LogP contribution in [0.3, 0.4) is 0 Å². The average Bonchev–Trinajstić information content (AvgIpc) is 2.86. The van der Waals surface area contributed by atoms with Gasteiger partial charge < -0.3 is 19.9 Å². The van der Waals surface area contributed by atoms with Crippen LogP contribution in [-0.4, -0.2) is 30.5 Å². The number of carbonyl (C=O) groups is 2. The fourth-order valence-electron chi connectivity index (χ4n) is 3.33. The minimum absolute atomic E-state index is 0.102. The van der Waals surface area contributed by atoms with Gasteiger partial charge in [0.15, 0.2) is 11.4 Å². The van der Waals surface area contributed by atoms with Crippen LogP contribution in [0.15, 0.2) is 40.9 Å². The van der Waals surface area contributed by atoms with Gasteiger partial charge >= 0.3 is 0 Å². The molecule has 0 fully saturated rings. The maximum absolute atomic E-state index is 13.0. The van der Waals surface area contributed by atoms with Gasteiger partial charge in [-0.25, -0.2) is 0 Å². The number of nitrogens with one attached hydrogen (secondary N) is 1. The third kappa shape index (κ3) is 2.26. The second kappa shape index (κ2) is 5.57. The molecule has 2 aliphatic heterocycles. The predicted octanol–water partition coefficient (Wildman–Crippen LogP) is 2.49. The zero-order chi connectivity index (χ0) is 17.8. The lowest BCUT2D eigenvalue weighted by Crippen LogP contribution is -2.49. The van der Waals surface area contributed by atoms with E-state index in [1.165, 1.54) is 7.11 Å². The standard InChI is InChI=1S/C18H14BrNO5/c1-24-10-3-4-11-15(7-10)25-8-13(16(11)21)18(23)12-6-9(19)2-5-14(12)20-17(18)22/h2-7,13,23H,8H2,1H3,(H,20,22)/t13-,18-/m0/s1. The topological polar surface area (TPSA) is 84.9 Å². The van der Waals surface area contributed by atoms with Crippen LogP contribution in [0, 0.1) is 5.92 Å². The predicted molar refractivity (Wildman–Crippen MR) is 93.0 cm³/mol. The highest BCUT2D eigenvalue weighted by molar-refractivity contribution is 9.10. The molecule has 0 radical (unpaired) electrons. The highest BCUT2D eigenvalue weighted by Gasteiger charge is 2.55. The number of fused-ring (bicyclic) bond motifs is 2. The molecular formula is C18H14BrNO5. The van der Waals surface area contributed by atoms with Crippen LogP contribution in [0.25, 0.3) is 0 Å². The van der Waals surface area contributed by atoms with Gasteiger partial charge in [-0.15, -0.1) is 0 Å². The Kier molecular flexibility index (Phi) is 3.59. The first-order chi connectivity index (χ1) is 11.9. The smallest absolute Gasteiger partial charge is 0.262 e. The molecule has 1 amide bonds. The first kappa shape index (κ1) is 16.1. The Bertz CT molecular complexity index is 912. The van der Waals surface area contributed by atoms with E-state index in [0.717, 1.165) is 0 Å². The molecule has 0 bridgehead atoms. The van der Waals surface area contributed by atoms with Gasteiger partial charge in [-0.3, -0.25) is 9.59 Å². The molecule has 2 aromatic carbocycles. The maximum Gasteiger partial charge on any atom is 0.262 e. The van der Waals surface area contributed by atoms with Crippen LogP contribution in [0.5, 0.6) is 11.5 Å². The minimum Gasteiger partial charge on any atom is -0.497 e. The molecule has 2 atom stereocenters. The van der Waals surface area contributed by atoms with Gasteiger partial charge in [-0.1, -0.05) is 15.9 Å². The monoisotopic (exact) mass is 403 g/mol. The normalized spacial score (nSPS) is 24.2. The number of hydrogen-bond donors (Lipinski definition) is 2. The number of Topliss-reactive ketones (excluding diaryl/α,β-unsaturated/α-hetero) is 1. The molecular weight excluding hydrogens is 390 g/mol. The van der Waals surface area contributed by atoms with Crippen molar-refractivity contribution in [2.24, 2.45) is 5.92 Å². The largest absolute Gasteiger partial charge is 0.497 e. The third-order valence-corrected chi connectivity index (χ3v) is 5.16. The number of methoxy groups -OCH3 is 1. The molecule has 25 heavy (non-hydrogen) atoms. The van der Waals surface area contributed by atoms with Gasteiger partial charge in [0.05, 0.1) is 18.6 Å². The van der Waals surface area contributed by atoms with Crippen molar-refractivity contribution >= 4 is 33.3 Å². The summed E-state index contributed by atoms with van der Waals surface area (Å²) in [6.07, 6.45) is 0. The average molecular weight is 404 g/mol. The molecule has 0 aliphatic carbocycles. The van der Waals surface area contributed by atoms with Crippen molar-refractivity contribution in [1.29, 1.82) is 0 Å². The van der Waals surface area contributed by atoms with E-state index in [-0.39, 0.29) is 12.4 Å². The van der Waals surface area contributed by atoms with E-state index in [9.17, 15) is 14.7 Å². The Morgan fingerprint density at radius 1 is 1.28 bits per heavy atom. The summed E-state index contributed by atoms with van der Waals surface area (Å²) in [5.41, 5.74) is -0.801. The van der Waals surface area contributed by atoms with Gasteiger partial charge in [0.25, 0.3) is 5.91 Å². The molecule has 2 aromatic rings. The molecule has 0 spiro atoms. The van der Waals surface area contributed by atoms with Crippen LogP contribution < -0.4 is 14.8 Å². The van der Waals surface area contributed by atoms with Crippen molar-refractivity contribution in [3.8, 4) is 11.5 Å². The summed E-state index contributed by atoms with van der Waals surface area (Å²) in [6, 6.07) is 9.93. The number of anilines is 1. The van der Waals surface area contributed by atoms with Gasteiger partial charge in [0.2, 0.25) is 0 Å². The summed E-state index contributed by atoms with van der Waals surface area (Å²) in [5.74, 6) is -1.05. The Balaban J connectivity index is 1.79. The highest BCUT2D eigenvalue weighted by atomic mass is 79.9. The van der Waals surface area contributed by atoms with Crippen molar-refractivity contribution in [2.45, 2.75) is 5.60 Å². The van der Waals surface area contributed by atoms with E-state index >= 15 is 0 Å². The number of ketones is 1. The number of rotatable bonds is 2. The summed E-state index contributed by atoms with van der Waals surface area (Å²) < 4.78 is 11.5. The van der Waals surface area contributed by atoms with E-state index in [1.807, 2.05) is 0 Å². The fraction of sp³-hybridized carbons (Fsp3) is 0.222. The molecule has 128 valence electrons. The second-order valence-corrected chi connectivity index (χ2v) is 6.92. The summed E-state index contributed by atoms with van der Waals surface area (Å²) in [4.78, 5) is 25.5. The van der Waals surface area contributed by atoms with Crippen molar-refractivity contribution < 1.29 is 24.2 Å². The molecule has 0 saturated carbocycles. The van der Waals surface area contributed by atoms with Gasteiger partial charge in [-0.05, 0) is 30.3 Å². The lowest BCUT2D eigenvalue weighted by molar-refractivity contribution is -0.139. The second-order valence-electron chi connectivity index (χ2n) is 6.00. The molecule has 0 aromatic heterocycles. The van der Waals surface area contributed by atoms with E-state index in [0.29, 0.717) is 32.8 Å². The highest BCUT2D eigenvalue weighted by Crippen LogP contribution is 2.45. The molecule has 7 heteroatoms. The van der Waals surface area contributed by atoms with Crippen LogP contribution in [0.1, 0.15) is 15.9 Å². The fourth-order valence-corrected chi connectivity index (χ4v) is 3.69. The summed E-state index contributed by atoms with van der Waals surface area (Å²) in [6.45, 7) is -0.102. The third-order valence-electron chi connectivity index (χ3n) is 4.67. The molecule has 6 nitrogen and oxygen atoms in total. The Labute approximate surface area is 151 Å². The quantitative estimate of drug-likeness (QED) is 0.804. The summed E-state index contributed by atoms with van der Waals surface area (Å²) >= 11 is 3.34. The molecule has 0 saturated heterocycles. The molecule has 2 N–H and O–H groups in total. The summed E-state index contributed by atoms with van der Waals surface area (Å²) in [7, 11) is 1.52. The molecule has 2 heterocycles. The van der Waals surface area contributed by atoms with Crippen LogP contribution in [0.4, 0.5) is 5.69 Å². The first-order valence-electron chi connectivity index (χ1n) is 7.64. The van der Waals surface area contributed by atoms with Crippen molar-refractivity contribution in [2.75, 3.05) is 19.0 Å². The number of benzene rings is 2. The number of halogens is 1. The van der Waals surface area contributed by atoms with E-state index in [2.05, 4.69) is 21.2 Å². The van der Waals surface area contributed by atoms with Crippen LogP contribution in [-0.2, 0) is 10.4 Å². The lowest BCUT2D eigenvalue weighted by atomic mass is 9.77. The molecule has 0 unspecified atom stereocenters. The van der Waals surface area contributed by atoms with E-state index in [4.69, 9.17) is 9.47 Å². The van der Waals surface area contributed by atoms with Gasteiger partial charge in [0.1, 0.15) is 18.1 Å². The number of carbonyl (C=O) groups excluding carboxylic acids is 2. The number of ether oxygens (including phenoxy) is 2. The number of amides is 1. The van der Waals surface area contributed by atoms with Gasteiger partial charge in [-0.2, -0.15) is 0 Å². The molecule has 2 aliphatic rings. The summed E-state index contributed by atoms with van der Waals surface area (Å²) in [5, 5.41) is 13.8. The first-order valence-corrected chi connectivity index (χ1v) is 8.43. The van der Waals surface area contributed by atoms with Crippen LogP contribution in [0.2, 0.25) is 0 Å². The zero-order valence-electron chi connectivity index (χ0n) is 13.2. The van der Waals surface area contributed by atoms with E-state index < -0.39 is 17.4 Å². The Morgan fingerprint density at radius 3 is 2.84 bits per heavy atom. The SMILES string of the molecule is COc1ccc2c(c1)OC[C@H]([C@]1(O)C(=O)Nc3ccc(Br)cc31)C2=O. The zero-order valence-corrected chi connectivity index (χ0v) is 14.8.